The Hall–Kier alpha value is -1.17. The van der Waals surface area contributed by atoms with E-state index in [9.17, 15) is 18.0 Å². The van der Waals surface area contributed by atoms with Crippen molar-refractivity contribution in [3.05, 3.63) is 24.3 Å². The van der Waals surface area contributed by atoms with Crippen LogP contribution in [0.3, 0.4) is 0 Å². The Bertz CT molecular complexity index is 500. The van der Waals surface area contributed by atoms with Crippen molar-refractivity contribution >= 4 is 23.4 Å². The van der Waals surface area contributed by atoms with Gasteiger partial charge in [-0.1, -0.05) is 13.8 Å². The second kappa shape index (κ2) is 5.31. The Balaban J connectivity index is 1.99. The fourth-order valence-corrected chi connectivity index (χ4v) is 2.83. The highest BCUT2D eigenvalue weighted by Crippen LogP contribution is 2.60. The number of benzene rings is 1. The van der Waals surface area contributed by atoms with Crippen LogP contribution in [0.15, 0.2) is 29.2 Å². The summed E-state index contributed by atoms with van der Waals surface area (Å²) in [5.41, 5.74) is -0.792. The lowest BCUT2D eigenvalue weighted by molar-refractivity contribution is -0.159. The van der Waals surface area contributed by atoms with Crippen LogP contribution >= 0.6 is 11.8 Å². The van der Waals surface area contributed by atoms with Gasteiger partial charge in [-0.05, 0) is 36.4 Å². The van der Waals surface area contributed by atoms with Crippen LogP contribution in [0.5, 0.6) is 0 Å². The number of carbonyl (C=O) groups excluding carboxylic acids is 1. The molecule has 2 rings (SSSR count). The quantitative estimate of drug-likeness (QED) is 0.839. The van der Waals surface area contributed by atoms with Crippen molar-refractivity contribution < 1.29 is 18.0 Å². The Labute approximate surface area is 120 Å². The van der Waals surface area contributed by atoms with Crippen molar-refractivity contribution in [2.75, 3.05) is 11.1 Å². The topological polar surface area (TPSA) is 29.1 Å². The first-order valence-electron chi connectivity index (χ1n) is 6.38. The molecule has 1 amide bonds. The fourth-order valence-electron chi connectivity index (χ4n) is 2.17. The molecule has 2 atom stereocenters. The van der Waals surface area contributed by atoms with E-state index in [0.29, 0.717) is 5.69 Å². The van der Waals surface area contributed by atoms with Crippen LogP contribution in [0.2, 0.25) is 0 Å². The molecule has 2 unspecified atom stereocenters. The fraction of sp³-hybridized carbons (Fsp3) is 0.500. The molecule has 0 heterocycles. The molecule has 1 fully saturated rings. The third-order valence-corrected chi connectivity index (χ3v) is 4.47. The zero-order chi connectivity index (χ0) is 15.0. The molecule has 1 aromatic rings. The molecule has 1 saturated carbocycles. The molecule has 1 aliphatic carbocycles. The van der Waals surface area contributed by atoms with Crippen LogP contribution in [0.25, 0.3) is 0 Å². The van der Waals surface area contributed by atoms with E-state index in [0.717, 1.165) is 10.6 Å². The lowest BCUT2D eigenvalue weighted by Crippen LogP contribution is -2.27. The second-order valence-corrected chi connectivity index (χ2v) is 6.46. The Morgan fingerprint density at radius 3 is 2.45 bits per heavy atom. The maximum atomic E-state index is 12.6. The summed E-state index contributed by atoms with van der Waals surface area (Å²) in [5, 5.41) is 2.57. The van der Waals surface area contributed by atoms with E-state index in [1.54, 1.807) is 23.9 Å². The first kappa shape index (κ1) is 15.2. The number of thioether (sulfide) groups is 1. The third-order valence-electron chi connectivity index (χ3n) is 3.57. The summed E-state index contributed by atoms with van der Waals surface area (Å²) in [4.78, 5) is 13.0. The van der Waals surface area contributed by atoms with Gasteiger partial charge in [-0.2, -0.15) is 13.2 Å². The minimum atomic E-state index is -4.30. The van der Waals surface area contributed by atoms with Crippen molar-refractivity contribution in [2.45, 2.75) is 31.3 Å². The molecule has 1 N–H and O–H groups in total. The number of anilines is 1. The number of alkyl halides is 3. The van der Waals surface area contributed by atoms with Crippen molar-refractivity contribution in [3.63, 3.8) is 0 Å². The minimum Gasteiger partial charge on any atom is -0.326 e. The zero-order valence-corrected chi connectivity index (χ0v) is 12.1. The van der Waals surface area contributed by atoms with Crippen molar-refractivity contribution in [2.24, 2.45) is 11.3 Å². The van der Waals surface area contributed by atoms with E-state index in [-0.39, 0.29) is 6.42 Å². The normalized spacial score (nSPS) is 25.4. The summed E-state index contributed by atoms with van der Waals surface area (Å²) in [6.07, 6.45) is -4.43. The summed E-state index contributed by atoms with van der Waals surface area (Å²) in [6, 6.07) is 7.12. The number of hydrogen-bond acceptors (Lipinski definition) is 2. The van der Waals surface area contributed by atoms with E-state index in [1.807, 2.05) is 19.1 Å². The average molecular weight is 303 g/mol. The first-order valence-corrected chi connectivity index (χ1v) is 7.37. The summed E-state index contributed by atoms with van der Waals surface area (Å²) in [5.74, 6) is -1.14. The van der Waals surface area contributed by atoms with Crippen LogP contribution < -0.4 is 5.32 Å². The van der Waals surface area contributed by atoms with Crippen LogP contribution in [0, 0.1) is 11.3 Å². The summed E-state index contributed by atoms with van der Waals surface area (Å²) in [6.45, 7) is 3.40. The number of nitrogens with one attached hydrogen (secondary N) is 1. The smallest absolute Gasteiger partial charge is 0.326 e. The minimum absolute atomic E-state index is 0.133. The molecule has 0 aromatic heterocycles. The molecule has 0 spiro atoms. The SMILES string of the molecule is CCSc1ccc(NC(=O)C2(C)CC2C(F)(F)F)cc1. The van der Waals surface area contributed by atoms with E-state index < -0.39 is 23.4 Å². The van der Waals surface area contributed by atoms with Gasteiger partial charge in [0.25, 0.3) is 0 Å². The van der Waals surface area contributed by atoms with E-state index in [1.165, 1.54) is 6.92 Å². The summed E-state index contributed by atoms with van der Waals surface area (Å²) >= 11 is 1.66. The molecular weight excluding hydrogens is 287 g/mol. The second-order valence-electron chi connectivity index (χ2n) is 5.13. The van der Waals surface area contributed by atoms with Gasteiger partial charge in [0.1, 0.15) is 0 Å². The van der Waals surface area contributed by atoms with Gasteiger partial charge in [0.2, 0.25) is 5.91 Å². The van der Waals surface area contributed by atoms with Crippen molar-refractivity contribution in [3.8, 4) is 0 Å². The van der Waals surface area contributed by atoms with Gasteiger partial charge in [0.15, 0.2) is 0 Å². The van der Waals surface area contributed by atoms with Crippen LogP contribution in [0.1, 0.15) is 20.3 Å². The molecule has 1 aliphatic rings. The van der Waals surface area contributed by atoms with Gasteiger partial charge < -0.3 is 5.32 Å². The predicted molar refractivity (Wildman–Crippen MR) is 73.7 cm³/mol. The summed E-state index contributed by atoms with van der Waals surface area (Å²) in [7, 11) is 0. The molecule has 0 saturated heterocycles. The maximum Gasteiger partial charge on any atom is 0.392 e. The molecule has 6 heteroatoms. The van der Waals surface area contributed by atoms with Crippen LogP contribution in [-0.4, -0.2) is 17.8 Å². The van der Waals surface area contributed by atoms with Gasteiger partial charge >= 0.3 is 6.18 Å². The monoisotopic (exact) mass is 303 g/mol. The molecule has 0 radical (unpaired) electrons. The standard InChI is InChI=1S/C14H16F3NOS/c1-3-20-10-6-4-9(5-7-10)18-12(19)13(2)8-11(13)14(15,16)17/h4-7,11H,3,8H2,1-2H3,(H,18,19). The highest BCUT2D eigenvalue weighted by molar-refractivity contribution is 7.99. The number of amides is 1. The predicted octanol–water partition coefficient (Wildman–Crippen LogP) is 4.33. The van der Waals surface area contributed by atoms with E-state index in [2.05, 4.69) is 5.32 Å². The molecular formula is C14H16F3NOS. The molecule has 1 aromatic carbocycles. The molecule has 110 valence electrons. The Morgan fingerprint density at radius 2 is 2.00 bits per heavy atom. The van der Waals surface area contributed by atoms with Gasteiger partial charge in [-0.3, -0.25) is 4.79 Å². The number of rotatable bonds is 4. The maximum absolute atomic E-state index is 12.6. The Morgan fingerprint density at radius 1 is 1.40 bits per heavy atom. The summed E-state index contributed by atoms with van der Waals surface area (Å²) < 4.78 is 37.8. The lowest BCUT2D eigenvalue weighted by atomic mass is 10.1. The van der Waals surface area contributed by atoms with Crippen LogP contribution in [0.4, 0.5) is 18.9 Å². The van der Waals surface area contributed by atoms with E-state index >= 15 is 0 Å². The number of carbonyl (C=O) groups is 1. The van der Waals surface area contributed by atoms with Gasteiger partial charge in [0, 0.05) is 10.6 Å². The lowest BCUT2D eigenvalue weighted by Gasteiger charge is -2.14. The third kappa shape index (κ3) is 3.11. The zero-order valence-electron chi connectivity index (χ0n) is 11.3. The van der Waals surface area contributed by atoms with Crippen molar-refractivity contribution in [1.29, 1.82) is 0 Å². The average Bonchev–Trinajstić information content (AvgIpc) is 3.06. The van der Waals surface area contributed by atoms with Gasteiger partial charge in [-0.25, -0.2) is 0 Å². The van der Waals surface area contributed by atoms with E-state index in [4.69, 9.17) is 0 Å². The highest BCUT2D eigenvalue weighted by Gasteiger charge is 2.67. The molecule has 20 heavy (non-hydrogen) atoms. The Kier molecular flexibility index (Phi) is 4.04. The number of hydrogen-bond donors (Lipinski definition) is 1. The van der Waals surface area contributed by atoms with Crippen molar-refractivity contribution in [1.82, 2.24) is 0 Å². The largest absolute Gasteiger partial charge is 0.392 e. The first-order chi connectivity index (χ1) is 9.27. The van der Waals surface area contributed by atoms with Gasteiger partial charge in [0.05, 0.1) is 11.3 Å². The number of halogens is 3. The van der Waals surface area contributed by atoms with Crippen LogP contribution in [-0.2, 0) is 4.79 Å². The van der Waals surface area contributed by atoms with Gasteiger partial charge in [-0.15, -0.1) is 11.8 Å². The molecule has 0 bridgehead atoms. The molecule has 0 aliphatic heterocycles. The highest BCUT2D eigenvalue weighted by atomic mass is 32.2. The molecule has 2 nitrogen and oxygen atoms in total.